The fraction of sp³-hybridized carbons (Fsp3) is 0.269. The number of alkyl halides is 3. The summed E-state index contributed by atoms with van der Waals surface area (Å²) in [5.41, 5.74) is 1.78. The first-order chi connectivity index (χ1) is 17.1. The molecule has 1 aromatic heterocycles. The van der Waals surface area contributed by atoms with E-state index in [2.05, 4.69) is 4.98 Å². The van der Waals surface area contributed by atoms with Gasteiger partial charge in [-0.2, -0.15) is 13.2 Å². The molecular formula is C26H26F4N2O4S. The Morgan fingerprint density at radius 3 is 2.24 bits per heavy atom. The SMILES string of the molecule is COc1c(/C=C/c2ccc(NS(=O)(=O)CC(F)(F)F)cc2)cc(-c2cc(F)c[nH]c2=O)cc1C(C)(C)C. The predicted molar refractivity (Wildman–Crippen MR) is 137 cm³/mol. The number of nitrogens with one attached hydrogen (secondary N) is 2. The van der Waals surface area contributed by atoms with Gasteiger partial charge in [0, 0.05) is 28.6 Å². The van der Waals surface area contributed by atoms with Crippen molar-refractivity contribution in [2.45, 2.75) is 32.4 Å². The molecule has 0 saturated heterocycles. The highest BCUT2D eigenvalue weighted by Gasteiger charge is 2.35. The molecule has 0 spiro atoms. The molecule has 0 radical (unpaired) electrons. The molecule has 3 aromatic rings. The lowest BCUT2D eigenvalue weighted by atomic mass is 9.83. The number of ether oxygens (including phenoxy) is 1. The Hall–Kier alpha value is -3.60. The zero-order chi connectivity index (χ0) is 27.6. The first kappa shape index (κ1) is 28.0. The summed E-state index contributed by atoms with van der Waals surface area (Å²) in [5, 5.41) is 0. The largest absolute Gasteiger partial charge is 0.496 e. The van der Waals surface area contributed by atoms with Gasteiger partial charge in [-0.3, -0.25) is 9.52 Å². The first-order valence-corrected chi connectivity index (χ1v) is 12.7. The summed E-state index contributed by atoms with van der Waals surface area (Å²) in [5.74, 6) is -2.02. The number of sulfonamides is 1. The third-order valence-electron chi connectivity index (χ3n) is 5.30. The third-order valence-corrected chi connectivity index (χ3v) is 6.56. The number of aromatic amines is 1. The number of pyridine rings is 1. The van der Waals surface area contributed by atoms with Crippen molar-refractivity contribution in [3.63, 3.8) is 0 Å². The standard InChI is InChI=1S/C26H26F4N2O4S/c1-25(2,3)22-12-18(21-13-19(27)14-31-24(21)33)11-17(23(22)36-4)8-5-16-6-9-20(10-7-16)32-37(34,35)15-26(28,29)30/h5-14,32H,15H2,1-4H3,(H,31,33)/b8-5+. The van der Waals surface area contributed by atoms with Crippen LogP contribution in [0.4, 0.5) is 23.2 Å². The molecule has 0 amide bonds. The summed E-state index contributed by atoms with van der Waals surface area (Å²) in [6.45, 7) is 5.91. The van der Waals surface area contributed by atoms with Crippen molar-refractivity contribution in [1.29, 1.82) is 0 Å². The minimum Gasteiger partial charge on any atom is -0.496 e. The molecule has 0 unspecified atom stereocenters. The van der Waals surface area contributed by atoms with Gasteiger partial charge >= 0.3 is 6.18 Å². The van der Waals surface area contributed by atoms with E-state index in [1.54, 1.807) is 24.3 Å². The van der Waals surface area contributed by atoms with Crippen LogP contribution in [0.25, 0.3) is 23.3 Å². The summed E-state index contributed by atoms with van der Waals surface area (Å²) in [6.07, 6.45) is -0.468. The predicted octanol–water partition coefficient (Wildman–Crippen LogP) is 5.96. The maximum absolute atomic E-state index is 13.9. The number of benzene rings is 2. The topological polar surface area (TPSA) is 88.3 Å². The summed E-state index contributed by atoms with van der Waals surface area (Å²) in [4.78, 5) is 14.8. The summed E-state index contributed by atoms with van der Waals surface area (Å²) < 4.78 is 82.2. The van der Waals surface area contributed by atoms with Crippen LogP contribution < -0.4 is 15.0 Å². The second-order valence-corrected chi connectivity index (χ2v) is 11.1. The highest BCUT2D eigenvalue weighted by atomic mass is 32.2. The van der Waals surface area contributed by atoms with Gasteiger partial charge in [-0.25, -0.2) is 12.8 Å². The molecule has 37 heavy (non-hydrogen) atoms. The smallest absolute Gasteiger partial charge is 0.404 e. The van der Waals surface area contributed by atoms with E-state index in [0.717, 1.165) is 17.8 Å². The number of H-pyrrole nitrogens is 1. The summed E-state index contributed by atoms with van der Waals surface area (Å²) in [7, 11) is -3.08. The lowest BCUT2D eigenvalue weighted by molar-refractivity contribution is -0.106. The van der Waals surface area contributed by atoms with Crippen molar-refractivity contribution in [2.24, 2.45) is 0 Å². The fourth-order valence-electron chi connectivity index (χ4n) is 3.67. The second-order valence-electron chi connectivity index (χ2n) is 9.39. The highest BCUT2D eigenvalue weighted by molar-refractivity contribution is 7.92. The molecule has 0 fully saturated rings. The molecule has 1 heterocycles. The maximum atomic E-state index is 13.9. The van der Waals surface area contributed by atoms with Crippen molar-refractivity contribution < 1.29 is 30.7 Å². The van der Waals surface area contributed by atoms with Gasteiger partial charge in [-0.1, -0.05) is 45.1 Å². The molecule has 0 aliphatic rings. The number of methoxy groups -OCH3 is 1. The van der Waals surface area contributed by atoms with Gasteiger partial charge in [0.2, 0.25) is 10.0 Å². The highest BCUT2D eigenvalue weighted by Crippen LogP contribution is 2.38. The van der Waals surface area contributed by atoms with E-state index in [4.69, 9.17) is 4.74 Å². The molecular weight excluding hydrogens is 512 g/mol. The number of halogens is 4. The Morgan fingerprint density at radius 2 is 1.68 bits per heavy atom. The van der Waals surface area contributed by atoms with Gasteiger partial charge in [0.05, 0.1) is 7.11 Å². The van der Waals surface area contributed by atoms with Crippen LogP contribution in [0.5, 0.6) is 5.75 Å². The molecule has 0 aliphatic heterocycles. The minimum absolute atomic E-state index is 0.0127. The van der Waals surface area contributed by atoms with Crippen molar-refractivity contribution >= 4 is 27.9 Å². The lowest BCUT2D eigenvalue weighted by Gasteiger charge is -2.24. The Kier molecular flexibility index (Phi) is 7.87. The molecule has 6 nitrogen and oxygen atoms in total. The van der Waals surface area contributed by atoms with E-state index >= 15 is 0 Å². The lowest BCUT2D eigenvalue weighted by Crippen LogP contribution is -2.27. The number of aromatic nitrogens is 1. The number of rotatable bonds is 7. The van der Waals surface area contributed by atoms with E-state index < -0.39 is 33.3 Å². The van der Waals surface area contributed by atoms with Crippen LogP contribution in [0, 0.1) is 5.82 Å². The molecule has 0 bridgehead atoms. The molecule has 2 N–H and O–H groups in total. The number of hydrogen-bond donors (Lipinski definition) is 2. The van der Waals surface area contributed by atoms with E-state index in [9.17, 15) is 30.8 Å². The summed E-state index contributed by atoms with van der Waals surface area (Å²) >= 11 is 0. The molecule has 11 heteroatoms. The first-order valence-electron chi connectivity index (χ1n) is 11.0. The Balaban J connectivity index is 1.99. The molecule has 0 atom stereocenters. The molecule has 3 rings (SSSR count). The van der Waals surface area contributed by atoms with Gasteiger partial charge in [-0.15, -0.1) is 0 Å². The zero-order valence-electron chi connectivity index (χ0n) is 20.5. The van der Waals surface area contributed by atoms with E-state index in [1.807, 2.05) is 25.5 Å². The average molecular weight is 539 g/mol. The molecule has 198 valence electrons. The normalized spacial score (nSPS) is 12.6. The fourth-order valence-corrected chi connectivity index (χ4v) is 4.66. The molecule has 2 aromatic carbocycles. The quantitative estimate of drug-likeness (QED) is 0.287. The van der Waals surface area contributed by atoms with Crippen LogP contribution in [-0.4, -0.2) is 32.4 Å². The third kappa shape index (κ3) is 7.45. The molecule has 0 aliphatic carbocycles. The van der Waals surface area contributed by atoms with Crippen LogP contribution in [0.1, 0.15) is 37.5 Å². The Labute approximate surface area is 212 Å². The maximum Gasteiger partial charge on any atom is 0.404 e. The van der Waals surface area contributed by atoms with Crippen LogP contribution in [0.2, 0.25) is 0 Å². The van der Waals surface area contributed by atoms with Crippen LogP contribution in [0.15, 0.2) is 53.5 Å². The van der Waals surface area contributed by atoms with E-state index in [0.29, 0.717) is 22.4 Å². The Morgan fingerprint density at radius 1 is 1.03 bits per heavy atom. The van der Waals surface area contributed by atoms with Gasteiger partial charge in [0.1, 0.15) is 11.6 Å². The van der Waals surface area contributed by atoms with Gasteiger partial charge in [0.25, 0.3) is 5.56 Å². The number of hydrogen-bond acceptors (Lipinski definition) is 4. The van der Waals surface area contributed by atoms with Crippen molar-refractivity contribution in [1.82, 2.24) is 4.98 Å². The zero-order valence-corrected chi connectivity index (χ0v) is 21.4. The minimum atomic E-state index is -4.86. The molecule has 0 saturated carbocycles. The van der Waals surface area contributed by atoms with Gasteiger partial charge in [-0.05, 0) is 46.9 Å². The van der Waals surface area contributed by atoms with Crippen molar-refractivity contribution in [3.05, 3.63) is 81.5 Å². The van der Waals surface area contributed by atoms with Gasteiger partial charge < -0.3 is 9.72 Å². The number of anilines is 1. The van der Waals surface area contributed by atoms with E-state index in [1.165, 1.54) is 31.4 Å². The average Bonchev–Trinajstić information content (AvgIpc) is 2.77. The van der Waals surface area contributed by atoms with Gasteiger partial charge in [0.15, 0.2) is 5.75 Å². The van der Waals surface area contributed by atoms with Crippen molar-refractivity contribution in [2.75, 3.05) is 17.6 Å². The summed E-state index contributed by atoms with van der Waals surface area (Å²) in [6, 6.07) is 10.4. The van der Waals surface area contributed by atoms with Crippen LogP contribution in [0.3, 0.4) is 0 Å². The van der Waals surface area contributed by atoms with Crippen molar-refractivity contribution in [3.8, 4) is 16.9 Å². The second kappa shape index (κ2) is 10.4. The van der Waals surface area contributed by atoms with E-state index in [-0.39, 0.29) is 16.7 Å². The van der Waals surface area contributed by atoms with Crippen LogP contribution in [-0.2, 0) is 15.4 Å². The monoisotopic (exact) mass is 538 g/mol. The van der Waals surface area contributed by atoms with Crippen LogP contribution >= 0.6 is 0 Å². The Bertz CT molecular complexity index is 1470.